The zero-order valence-electron chi connectivity index (χ0n) is 10.3. The Hall–Kier alpha value is -1.26. The van der Waals surface area contributed by atoms with Gasteiger partial charge < -0.3 is 5.32 Å². The van der Waals surface area contributed by atoms with Gasteiger partial charge in [0.1, 0.15) is 0 Å². The maximum absolute atomic E-state index is 3.47. The van der Waals surface area contributed by atoms with E-state index in [0.29, 0.717) is 6.04 Å². The molecule has 1 heteroatoms. The molecule has 0 aliphatic rings. The summed E-state index contributed by atoms with van der Waals surface area (Å²) in [5.41, 5.74) is 1.42. The van der Waals surface area contributed by atoms with Crippen molar-refractivity contribution in [2.75, 3.05) is 6.54 Å². The van der Waals surface area contributed by atoms with Crippen molar-refractivity contribution in [3.05, 3.63) is 35.9 Å². The van der Waals surface area contributed by atoms with Crippen molar-refractivity contribution in [2.45, 2.75) is 39.2 Å². The van der Waals surface area contributed by atoms with Crippen molar-refractivity contribution in [3.8, 4) is 11.8 Å². The minimum absolute atomic E-state index is 0.584. The SMILES string of the molecule is CC#CCNC(CC)CCc1ccccc1. The fourth-order valence-corrected chi connectivity index (χ4v) is 1.72. The molecule has 0 aliphatic carbocycles. The van der Waals surface area contributed by atoms with Crippen LogP contribution in [0, 0.1) is 11.8 Å². The lowest BCUT2D eigenvalue weighted by molar-refractivity contribution is 0.493. The summed E-state index contributed by atoms with van der Waals surface area (Å²) in [5, 5.41) is 3.47. The number of aryl methyl sites for hydroxylation is 1. The second kappa shape index (κ2) is 7.96. The molecule has 0 aliphatic heterocycles. The lowest BCUT2D eigenvalue weighted by Crippen LogP contribution is -2.29. The Kier molecular flexibility index (Phi) is 6.37. The molecule has 1 N–H and O–H groups in total. The summed E-state index contributed by atoms with van der Waals surface area (Å²) in [6.45, 7) is 4.92. The van der Waals surface area contributed by atoms with E-state index in [4.69, 9.17) is 0 Å². The van der Waals surface area contributed by atoms with Gasteiger partial charge in [-0.05, 0) is 31.7 Å². The minimum atomic E-state index is 0.584. The molecule has 1 nitrogen and oxygen atoms in total. The summed E-state index contributed by atoms with van der Waals surface area (Å²) >= 11 is 0. The first-order valence-corrected chi connectivity index (χ1v) is 6.03. The molecule has 0 heterocycles. The molecule has 0 bridgehead atoms. The Labute approximate surface area is 99.3 Å². The van der Waals surface area contributed by atoms with Crippen LogP contribution in [0.25, 0.3) is 0 Å². The van der Waals surface area contributed by atoms with Crippen LogP contribution in [0.4, 0.5) is 0 Å². The van der Waals surface area contributed by atoms with Crippen LogP contribution in [0.1, 0.15) is 32.3 Å². The van der Waals surface area contributed by atoms with Crippen molar-refractivity contribution in [3.63, 3.8) is 0 Å². The second-order valence-electron chi connectivity index (χ2n) is 3.94. The van der Waals surface area contributed by atoms with E-state index in [-0.39, 0.29) is 0 Å². The van der Waals surface area contributed by atoms with Crippen molar-refractivity contribution >= 4 is 0 Å². The first kappa shape index (κ1) is 12.8. The Bertz CT molecular complexity index is 331. The number of rotatable bonds is 6. The zero-order chi connectivity index (χ0) is 11.6. The molecule has 0 fully saturated rings. The number of hydrogen-bond acceptors (Lipinski definition) is 1. The highest BCUT2D eigenvalue weighted by atomic mass is 14.9. The largest absolute Gasteiger partial charge is 0.303 e. The molecule has 1 rings (SSSR count). The summed E-state index contributed by atoms with van der Waals surface area (Å²) in [6.07, 6.45) is 3.50. The average molecular weight is 215 g/mol. The number of hydrogen-bond donors (Lipinski definition) is 1. The van der Waals surface area contributed by atoms with E-state index in [2.05, 4.69) is 54.4 Å². The number of nitrogens with one attached hydrogen (secondary N) is 1. The molecular weight excluding hydrogens is 194 g/mol. The van der Waals surface area contributed by atoms with E-state index in [0.717, 1.165) is 19.4 Å². The van der Waals surface area contributed by atoms with Gasteiger partial charge >= 0.3 is 0 Å². The van der Waals surface area contributed by atoms with E-state index in [1.807, 2.05) is 6.92 Å². The quantitative estimate of drug-likeness (QED) is 0.719. The number of benzene rings is 1. The van der Waals surface area contributed by atoms with E-state index < -0.39 is 0 Å². The van der Waals surface area contributed by atoms with Crippen LogP contribution >= 0.6 is 0 Å². The molecule has 0 spiro atoms. The molecule has 0 amide bonds. The predicted molar refractivity (Wildman–Crippen MR) is 70.3 cm³/mol. The molecule has 1 unspecified atom stereocenters. The van der Waals surface area contributed by atoms with Crippen molar-refractivity contribution in [2.24, 2.45) is 0 Å². The zero-order valence-corrected chi connectivity index (χ0v) is 10.3. The van der Waals surface area contributed by atoms with Gasteiger partial charge in [0.25, 0.3) is 0 Å². The predicted octanol–water partition coefficient (Wildman–Crippen LogP) is 3.01. The van der Waals surface area contributed by atoms with Crippen LogP contribution in [0.3, 0.4) is 0 Å². The summed E-state index contributed by atoms with van der Waals surface area (Å²) in [5.74, 6) is 5.96. The molecule has 1 atom stereocenters. The Morgan fingerprint density at radius 1 is 1.25 bits per heavy atom. The van der Waals surface area contributed by atoms with Gasteiger partial charge in [0, 0.05) is 6.04 Å². The van der Waals surface area contributed by atoms with Crippen LogP contribution in [-0.2, 0) is 6.42 Å². The fraction of sp³-hybridized carbons (Fsp3) is 0.467. The van der Waals surface area contributed by atoms with E-state index in [1.54, 1.807) is 0 Å². The lowest BCUT2D eigenvalue weighted by Gasteiger charge is -2.15. The van der Waals surface area contributed by atoms with E-state index in [9.17, 15) is 0 Å². The van der Waals surface area contributed by atoms with Crippen LogP contribution in [0.5, 0.6) is 0 Å². The highest BCUT2D eigenvalue weighted by Gasteiger charge is 2.04. The fourth-order valence-electron chi connectivity index (χ4n) is 1.72. The van der Waals surface area contributed by atoms with Crippen molar-refractivity contribution < 1.29 is 0 Å². The molecule has 0 aromatic heterocycles. The van der Waals surface area contributed by atoms with Crippen LogP contribution in [0.15, 0.2) is 30.3 Å². The Morgan fingerprint density at radius 3 is 2.62 bits per heavy atom. The highest BCUT2D eigenvalue weighted by Crippen LogP contribution is 2.06. The van der Waals surface area contributed by atoms with Gasteiger partial charge in [-0.3, -0.25) is 0 Å². The highest BCUT2D eigenvalue weighted by molar-refractivity contribution is 5.14. The summed E-state index contributed by atoms with van der Waals surface area (Å²) in [4.78, 5) is 0. The molecular formula is C15H21N. The minimum Gasteiger partial charge on any atom is -0.303 e. The van der Waals surface area contributed by atoms with Gasteiger partial charge in [0.2, 0.25) is 0 Å². The van der Waals surface area contributed by atoms with Gasteiger partial charge in [0.05, 0.1) is 6.54 Å². The lowest BCUT2D eigenvalue weighted by atomic mass is 10.0. The normalized spacial score (nSPS) is 11.6. The first-order chi connectivity index (χ1) is 7.86. The maximum atomic E-state index is 3.47. The monoisotopic (exact) mass is 215 g/mol. The van der Waals surface area contributed by atoms with Crippen molar-refractivity contribution in [1.82, 2.24) is 5.32 Å². The third-order valence-electron chi connectivity index (χ3n) is 2.77. The summed E-state index contributed by atoms with van der Waals surface area (Å²) in [7, 11) is 0. The van der Waals surface area contributed by atoms with Gasteiger partial charge in [-0.1, -0.05) is 43.2 Å². The summed E-state index contributed by atoms with van der Waals surface area (Å²) < 4.78 is 0. The molecule has 1 aromatic carbocycles. The van der Waals surface area contributed by atoms with E-state index >= 15 is 0 Å². The van der Waals surface area contributed by atoms with E-state index in [1.165, 1.54) is 12.0 Å². The van der Waals surface area contributed by atoms with Crippen LogP contribution < -0.4 is 5.32 Å². The first-order valence-electron chi connectivity index (χ1n) is 6.03. The van der Waals surface area contributed by atoms with Gasteiger partial charge in [-0.25, -0.2) is 0 Å². The smallest absolute Gasteiger partial charge is 0.0578 e. The molecule has 0 radical (unpaired) electrons. The van der Waals surface area contributed by atoms with Gasteiger partial charge in [-0.15, -0.1) is 5.92 Å². The Morgan fingerprint density at radius 2 is 2.00 bits per heavy atom. The molecule has 16 heavy (non-hydrogen) atoms. The van der Waals surface area contributed by atoms with Gasteiger partial charge in [0.15, 0.2) is 0 Å². The Balaban J connectivity index is 2.30. The molecule has 0 saturated heterocycles. The summed E-state index contributed by atoms with van der Waals surface area (Å²) in [6, 6.07) is 11.2. The molecule has 86 valence electrons. The molecule has 1 aromatic rings. The van der Waals surface area contributed by atoms with Crippen LogP contribution in [-0.4, -0.2) is 12.6 Å². The third-order valence-corrected chi connectivity index (χ3v) is 2.77. The second-order valence-corrected chi connectivity index (χ2v) is 3.94. The topological polar surface area (TPSA) is 12.0 Å². The standard InChI is InChI=1S/C15H21N/c1-3-5-13-16-15(4-2)12-11-14-9-7-6-8-10-14/h6-10,15-16H,4,11-13H2,1-2H3. The van der Waals surface area contributed by atoms with Crippen LogP contribution in [0.2, 0.25) is 0 Å². The maximum Gasteiger partial charge on any atom is 0.0578 e. The van der Waals surface area contributed by atoms with Crippen molar-refractivity contribution in [1.29, 1.82) is 0 Å². The molecule has 0 saturated carbocycles. The average Bonchev–Trinajstić information content (AvgIpc) is 2.35. The van der Waals surface area contributed by atoms with Gasteiger partial charge in [-0.2, -0.15) is 0 Å². The third kappa shape index (κ3) is 5.00.